The van der Waals surface area contributed by atoms with Crippen LogP contribution in [0.4, 0.5) is 5.69 Å². The molecule has 0 aliphatic rings. The zero-order valence-electron chi connectivity index (χ0n) is 15.9. The van der Waals surface area contributed by atoms with Crippen molar-refractivity contribution in [2.24, 2.45) is 0 Å². The zero-order valence-corrected chi connectivity index (χ0v) is 17.5. The first-order chi connectivity index (χ1) is 13.2. The largest absolute Gasteiger partial charge is 0.508 e. The van der Waals surface area contributed by atoms with Crippen molar-refractivity contribution in [3.63, 3.8) is 0 Å². The molecule has 0 fully saturated rings. The van der Waals surface area contributed by atoms with Gasteiger partial charge in [-0.1, -0.05) is 15.9 Å². The van der Waals surface area contributed by atoms with E-state index in [0.717, 1.165) is 26.7 Å². The van der Waals surface area contributed by atoms with Gasteiger partial charge in [0.25, 0.3) is 0 Å². The molecule has 0 aliphatic carbocycles. The van der Waals surface area contributed by atoms with E-state index in [4.69, 9.17) is 4.42 Å². The average Bonchev–Trinajstić information content (AvgIpc) is 2.61. The first-order valence-electron chi connectivity index (χ1n) is 8.74. The molecule has 2 N–H and O–H groups in total. The SMILES string of the molecule is Cc1cc(Br)ccc1NC(=O)CN(C)Cc1cc(=O)oc2c(C)c(O)ccc12. The average molecular weight is 445 g/mol. The topological polar surface area (TPSA) is 82.8 Å². The molecule has 2 aromatic carbocycles. The number of amides is 1. The molecular weight excluding hydrogens is 424 g/mol. The van der Waals surface area contributed by atoms with Crippen molar-refractivity contribution in [2.75, 3.05) is 18.9 Å². The molecule has 6 nitrogen and oxygen atoms in total. The van der Waals surface area contributed by atoms with Crippen LogP contribution < -0.4 is 10.9 Å². The number of nitrogens with one attached hydrogen (secondary N) is 1. The minimum Gasteiger partial charge on any atom is -0.508 e. The van der Waals surface area contributed by atoms with Crippen molar-refractivity contribution in [2.45, 2.75) is 20.4 Å². The number of hydrogen-bond acceptors (Lipinski definition) is 5. The molecule has 0 spiro atoms. The molecule has 1 amide bonds. The van der Waals surface area contributed by atoms with E-state index in [9.17, 15) is 14.7 Å². The molecule has 0 radical (unpaired) electrons. The van der Waals surface area contributed by atoms with Gasteiger partial charge in [-0.05, 0) is 62.4 Å². The number of hydrogen-bond donors (Lipinski definition) is 2. The number of benzene rings is 2. The highest BCUT2D eigenvalue weighted by Gasteiger charge is 2.14. The first kappa shape index (κ1) is 20.1. The summed E-state index contributed by atoms with van der Waals surface area (Å²) in [5.41, 5.74) is 2.86. The lowest BCUT2D eigenvalue weighted by molar-refractivity contribution is -0.117. The maximum absolute atomic E-state index is 12.4. The quantitative estimate of drug-likeness (QED) is 0.582. The smallest absolute Gasteiger partial charge is 0.336 e. The molecule has 146 valence electrons. The van der Waals surface area contributed by atoms with Gasteiger partial charge in [0.15, 0.2) is 0 Å². The van der Waals surface area contributed by atoms with E-state index < -0.39 is 5.63 Å². The van der Waals surface area contributed by atoms with E-state index in [2.05, 4.69) is 21.2 Å². The number of phenolic OH excluding ortho intramolecular Hbond substituents is 1. The lowest BCUT2D eigenvalue weighted by Gasteiger charge is -2.18. The Bertz CT molecular complexity index is 1110. The number of aromatic hydroxyl groups is 1. The summed E-state index contributed by atoms with van der Waals surface area (Å²) in [6.45, 7) is 4.17. The van der Waals surface area contributed by atoms with Crippen LogP contribution in [0.25, 0.3) is 11.0 Å². The third kappa shape index (κ3) is 4.43. The van der Waals surface area contributed by atoms with Gasteiger partial charge in [-0.15, -0.1) is 0 Å². The Labute approximate surface area is 170 Å². The van der Waals surface area contributed by atoms with E-state index in [1.165, 1.54) is 6.07 Å². The molecule has 7 heteroatoms. The van der Waals surface area contributed by atoms with Gasteiger partial charge in [-0.3, -0.25) is 9.69 Å². The van der Waals surface area contributed by atoms with Crippen LogP contribution in [-0.2, 0) is 11.3 Å². The van der Waals surface area contributed by atoms with Gasteiger partial charge >= 0.3 is 5.63 Å². The van der Waals surface area contributed by atoms with Gasteiger partial charge < -0.3 is 14.8 Å². The highest BCUT2D eigenvalue weighted by molar-refractivity contribution is 9.10. The fraction of sp³-hybridized carbons (Fsp3) is 0.238. The number of likely N-dealkylation sites (N-methyl/N-ethyl adjacent to an activating group) is 1. The molecule has 1 aromatic heterocycles. The first-order valence-corrected chi connectivity index (χ1v) is 9.53. The Morgan fingerprint density at radius 2 is 1.96 bits per heavy atom. The number of aryl methyl sites for hydroxylation is 2. The third-order valence-corrected chi connectivity index (χ3v) is 5.03. The van der Waals surface area contributed by atoms with Gasteiger partial charge in [0, 0.05) is 33.7 Å². The van der Waals surface area contributed by atoms with Crippen LogP contribution in [0.1, 0.15) is 16.7 Å². The van der Waals surface area contributed by atoms with E-state index in [1.54, 1.807) is 19.1 Å². The van der Waals surface area contributed by atoms with Gasteiger partial charge in [0.05, 0.1) is 6.54 Å². The van der Waals surface area contributed by atoms with Crippen molar-refractivity contribution in [1.82, 2.24) is 4.90 Å². The molecular formula is C21H21BrN2O4. The lowest BCUT2D eigenvalue weighted by atomic mass is 10.1. The number of nitrogens with zero attached hydrogens (tertiary/aromatic N) is 1. The van der Waals surface area contributed by atoms with Crippen molar-refractivity contribution < 1.29 is 14.3 Å². The number of carbonyl (C=O) groups is 1. The second-order valence-corrected chi connectivity index (χ2v) is 7.77. The summed E-state index contributed by atoms with van der Waals surface area (Å²) in [7, 11) is 1.81. The third-order valence-electron chi connectivity index (χ3n) is 4.53. The van der Waals surface area contributed by atoms with Crippen LogP contribution in [-0.4, -0.2) is 29.5 Å². The zero-order chi connectivity index (χ0) is 20.4. The number of phenols is 1. The number of anilines is 1. The minimum atomic E-state index is -0.487. The maximum Gasteiger partial charge on any atom is 0.336 e. The van der Waals surface area contributed by atoms with E-state index >= 15 is 0 Å². The molecule has 3 rings (SSSR count). The van der Waals surface area contributed by atoms with Crippen LogP contribution >= 0.6 is 15.9 Å². The van der Waals surface area contributed by atoms with Crippen molar-refractivity contribution in [1.29, 1.82) is 0 Å². The highest BCUT2D eigenvalue weighted by atomic mass is 79.9. The Kier molecular flexibility index (Phi) is 5.86. The predicted octanol–water partition coefficient (Wildman–Crippen LogP) is 3.95. The van der Waals surface area contributed by atoms with Crippen LogP contribution in [0.15, 0.2) is 50.1 Å². The molecule has 0 aliphatic heterocycles. The molecule has 3 aromatic rings. The van der Waals surface area contributed by atoms with Crippen molar-refractivity contribution >= 4 is 38.5 Å². The van der Waals surface area contributed by atoms with E-state index in [1.807, 2.05) is 37.1 Å². The summed E-state index contributed by atoms with van der Waals surface area (Å²) in [4.78, 5) is 26.1. The summed E-state index contributed by atoms with van der Waals surface area (Å²) in [5, 5.41) is 13.5. The summed E-state index contributed by atoms with van der Waals surface area (Å²) >= 11 is 3.41. The summed E-state index contributed by atoms with van der Waals surface area (Å²) < 4.78 is 6.22. The fourth-order valence-electron chi connectivity index (χ4n) is 3.10. The Morgan fingerprint density at radius 3 is 2.68 bits per heavy atom. The van der Waals surface area contributed by atoms with Crippen LogP contribution in [0.3, 0.4) is 0 Å². The number of rotatable bonds is 5. The molecule has 28 heavy (non-hydrogen) atoms. The van der Waals surface area contributed by atoms with Crippen LogP contribution in [0.2, 0.25) is 0 Å². The van der Waals surface area contributed by atoms with Crippen molar-refractivity contribution in [3.8, 4) is 5.75 Å². The summed E-state index contributed by atoms with van der Waals surface area (Å²) in [6.07, 6.45) is 0. The van der Waals surface area contributed by atoms with E-state index in [-0.39, 0.29) is 18.2 Å². The molecule has 0 atom stereocenters. The second kappa shape index (κ2) is 8.16. The van der Waals surface area contributed by atoms with Crippen LogP contribution in [0, 0.1) is 13.8 Å². The van der Waals surface area contributed by atoms with Gasteiger partial charge in [0.2, 0.25) is 5.91 Å². The number of fused-ring (bicyclic) bond motifs is 1. The number of halogens is 1. The second-order valence-electron chi connectivity index (χ2n) is 6.86. The van der Waals surface area contributed by atoms with Gasteiger partial charge in [0.1, 0.15) is 11.3 Å². The van der Waals surface area contributed by atoms with Crippen molar-refractivity contribution in [3.05, 3.63) is 68.0 Å². The van der Waals surface area contributed by atoms with Gasteiger partial charge in [-0.2, -0.15) is 0 Å². The molecule has 1 heterocycles. The maximum atomic E-state index is 12.4. The van der Waals surface area contributed by atoms with E-state index in [0.29, 0.717) is 17.7 Å². The van der Waals surface area contributed by atoms with Gasteiger partial charge in [-0.25, -0.2) is 4.79 Å². The minimum absolute atomic E-state index is 0.0744. The normalized spacial score (nSPS) is 11.2. The molecule has 0 bridgehead atoms. The highest BCUT2D eigenvalue weighted by Crippen LogP contribution is 2.27. The molecule has 0 saturated heterocycles. The number of carbonyl (C=O) groups excluding carboxylic acids is 1. The Morgan fingerprint density at radius 1 is 1.21 bits per heavy atom. The standard InChI is InChI=1S/C21H21BrN2O4/c1-12-8-15(22)4-6-17(12)23-19(26)11-24(3)10-14-9-20(27)28-21-13(2)18(25)7-5-16(14)21/h4-9,25H,10-11H2,1-3H3,(H,23,26). The molecule has 0 saturated carbocycles. The predicted molar refractivity (Wildman–Crippen MR) is 113 cm³/mol. The fourth-order valence-corrected chi connectivity index (χ4v) is 3.57. The monoisotopic (exact) mass is 444 g/mol. The summed E-state index contributed by atoms with van der Waals surface area (Å²) in [6, 6.07) is 10.4. The lowest BCUT2D eigenvalue weighted by Crippen LogP contribution is -2.30. The Hall–Kier alpha value is -2.64. The molecule has 0 unspecified atom stereocenters. The summed E-state index contributed by atoms with van der Waals surface area (Å²) in [5.74, 6) is -0.0700. The van der Waals surface area contributed by atoms with Crippen LogP contribution in [0.5, 0.6) is 5.75 Å². The Balaban J connectivity index is 1.76.